The van der Waals surface area contributed by atoms with Gasteiger partial charge in [0.25, 0.3) is 0 Å². The molecule has 224 valence electrons. The van der Waals surface area contributed by atoms with Gasteiger partial charge in [0.05, 0.1) is 5.69 Å². The lowest BCUT2D eigenvalue weighted by Crippen LogP contribution is -2.33. The van der Waals surface area contributed by atoms with E-state index in [1.54, 1.807) is 0 Å². The minimum atomic E-state index is -4.99. The first kappa shape index (κ1) is 30.2. The van der Waals surface area contributed by atoms with Crippen molar-refractivity contribution >= 4 is 11.4 Å². The van der Waals surface area contributed by atoms with E-state index < -0.39 is 48.4 Å². The van der Waals surface area contributed by atoms with Gasteiger partial charge in [-0.05, 0) is 66.7 Å². The van der Waals surface area contributed by atoms with Gasteiger partial charge in [-0.2, -0.15) is 17.6 Å². The van der Waals surface area contributed by atoms with Crippen molar-refractivity contribution in [1.82, 2.24) is 4.57 Å². The van der Waals surface area contributed by atoms with E-state index in [2.05, 4.69) is 19.5 Å². The quantitative estimate of drug-likeness (QED) is 0.186. The molecule has 0 saturated carbocycles. The molecule has 0 saturated heterocycles. The molecule has 6 nitrogen and oxygen atoms in total. The number of ether oxygens (including phenoxy) is 3. The first-order valence-corrected chi connectivity index (χ1v) is 11.4. The Labute approximate surface area is 229 Å². The van der Waals surface area contributed by atoms with E-state index in [-0.39, 0.29) is 28.3 Å². The van der Waals surface area contributed by atoms with Crippen LogP contribution in [0.15, 0.2) is 78.9 Å². The van der Waals surface area contributed by atoms with Crippen LogP contribution in [0.5, 0.6) is 23.1 Å². The van der Waals surface area contributed by atoms with Crippen LogP contribution in [0.4, 0.5) is 55.3 Å². The van der Waals surface area contributed by atoms with Crippen LogP contribution < -0.4 is 19.5 Å². The topological polar surface area (TPSA) is 64.9 Å². The van der Waals surface area contributed by atoms with Gasteiger partial charge in [0.1, 0.15) is 22.9 Å². The maximum absolute atomic E-state index is 13.5. The zero-order valence-corrected chi connectivity index (χ0v) is 20.5. The number of nitrogens with zero attached hydrogens (tertiary/aromatic N) is 1. The van der Waals surface area contributed by atoms with Crippen molar-refractivity contribution in [2.75, 3.05) is 5.32 Å². The molecule has 0 atom stereocenters. The highest BCUT2D eigenvalue weighted by Crippen LogP contribution is 2.41. The highest BCUT2D eigenvalue weighted by molar-refractivity contribution is 5.77. The molecule has 0 radical (unpaired) electrons. The number of rotatable bonds is 9. The summed E-state index contributed by atoms with van der Waals surface area (Å²) in [7, 11) is 0. The lowest BCUT2D eigenvalue weighted by molar-refractivity contribution is -0.275. The summed E-state index contributed by atoms with van der Waals surface area (Å²) in [4.78, 5) is 0. The molecule has 0 amide bonds. The van der Waals surface area contributed by atoms with Gasteiger partial charge in [0.15, 0.2) is 0 Å². The Hall–Kier alpha value is -4.76. The first-order chi connectivity index (χ1) is 19.5. The molecule has 0 fully saturated rings. The fraction of sp³-hybridized carbons (Fsp3) is 0.154. The molecule has 4 rings (SSSR count). The molecule has 2 N–H and O–H groups in total. The predicted octanol–water partition coefficient (Wildman–Crippen LogP) is 8.63. The average molecular weight is 610 g/mol. The third-order valence-electron chi connectivity index (χ3n) is 5.31. The van der Waals surface area contributed by atoms with Gasteiger partial charge in [0, 0.05) is 16.9 Å². The summed E-state index contributed by atoms with van der Waals surface area (Å²) in [6.07, 6.45) is -18.9. The van der Waals surface area contributed by atoms with Crippen molar-refractivity contribution in [2.24, 2.45) is 0 Å². The molecule has 0 unspecified atom stereocenters. The third kappa shape index (κ3) is 7.50. The first-order valence-electron chi connectivity index (χ1n) is 11.4. The number of alkyl halides is 10. The summed E-state index contributed by atoms with van der Waals surface area (Å²) in [5, 5.41) is 13.8. The average Bonchev–Trinajstić information content (AvgIpc) is 3.19. The van der Waals surface area contributed by atoms with Crippen molar-refractivity contribution < 1.29 is 63.2 Å². The predicted molar refractivity (Wildman–Crippen MR) is 128 cm³/mol. The third-order valence-corrected chi connectivity index (χ3v) is 5.31. The van der Waals surface area contributed by atoms with Crippen LogP contribution in [0.3, 0.4) is 0 Å². The molecule has 4 aromatic rings. The van der Waals surface area contributed by atoms with Crippen molar-refractivity contribution in [2.45, 2.75) is 25.3 Å². The number of halogens is 10. The second-order valence-electron chi connectivity index (χ2n) is 8.33. The molecular formula is C26H16F10N2O4. The van der Waals surface area contributed by atoms with Crippen molar-refractivity contribution in [1.29, 1.82) is 0 Å². The van der Waals surface area contributed by atoms with Crippen LogP contribution in [0.1, 0.15) is 0 Å². The number of anilines is 2. The van der Waals surface area contributed by atoms with Crippen LogP contribution in [0.2, 0.25) is 0 Å². The van der Waals surface area contributed by atoms with E-state index in [1.165, 1.54) is 30.3 Å². The molecule has 42 heavy (non-hydrogen) atoms. The molecule has 16 heteroatoms. The molecule has 1 aromatic heterocycles. The molecule has 0 bridgehead atoms. The highest BCUT2D eigenvalue weighted by atomic mass is 19.4. The van der Waals surface area contributed by atoms with Crippen LogP contribution >= 0.6 is 0 Å². The van der Waals surface area contributed by atoms with Crippen LogP contribution in [0.25, 0.3) is 16.9 Å². The van der Waals surface area contributed by atoms with Crippen molar-refractivity contribution in [3.63, 3.8) is 0 Å². The van der Waals surface area contributed by atoms with Gasteiger partial charge in [-0.25, -0.2) is 0 Å². The smallest absolute Gasteiger partial charge is 0.493 e. The van der Waals surface area contributed by atoms with Gasteiger partial charge in [-0.15, -0.1) is 26.3 Å². The number of benzene rings is 3. The van der Waals surface area contributed by atoms with Crippen LogP contribution in [-0.2, 0) is 0 Å². The number of aromatic hydroxyl groups is 1. The lowest BCUT2D eigenvalue weighted by Gasteiger charge is -2.17. The SMILES string of the molecule is Oc1c(Nc2ccc(OC(F)(F)F)cc2)cc(-c2cccc(OC(F)(F)C(F)F)c2)n1-c1ccc(OC(F)(F)F)cc1. The Morgan fingerprint density at radius 3 is 1.74 bits per heavy atom. The van der Waals surface area contributed by atoms with Gasteiger partial charge in [-0.1, -0.05) is 12.1 Å². The summed E-state index contributed by atoms with van der Waals surface area (Å²) in [5.74, 6) is -2.37. The Balaban J connectivity index is 1.75. The molecule has 0 aliphatic rings. The van der Waals surface area contributed by atoms with E-state index in [0.717, 1.165) is 53.1 Å². The molecule has 0 spiro atoms. The fourth-order valence-electron chi connectivity index (χ4n) is 3.68. The number of hydrogen-bond acceptors (Lipinski definition) is 5. The maximum atomic E-state index is 13.5. The number of aromatic nitrogens is 1. The molecule has 1 heterocycles. The summed E-state index contributed by atoms with van der Waals surface area (Å²) in [6.45, 7) is 0. The standard InChI is InChI=1S/C26H16F10N2O4/c27-23(28)24(29,30)40-19-3-1-2-14(12-19)21-13-20(37-15-4-8-17(9-5-15)41-25(31,32)33)22(39)38(21)16-6-10-18(11-7-16)42-26(34,35)36/h1-13,23,37,39H. The largest absolute Gasteiger partial charge is 0.573 e. The normalized spacial score (nSPS) is 12.4. The second kappa shape index (κ2) is 11.3. The van der Waals surface area contributed by atoms with E-state index in [9.17, 15) is 49.0 Å². The van der Waals surface area contributed by atoms with E-state index >= 15 is 0 Å². The summed E-state index contributed by atoms with van der Waals surface area (Å²) in [5.41, 5.74) is 0.163. The molecular weight excluding hydrogens is 594 g/mol. The van der Waals surface area contributed by atoms with Gasteiger partial charge >= 0.3 is 25.3 Å². The Bertz CT molecular complexity index is 1520. The fourth-order valence-corrected chi connectivity index (χ4v) is 3.68. The molecule has 0 aliphatic heterocycles. The van der Waals surface area contributed by atoms with Gasteiger partial charge < -0.3 is 24.6 Å². The number of hydrogen-bond donors (Lipinski definition) is 2. The van der Waals surface area contributed by atoms with Gasteiger partial charge in [-0.3, -0.25) is 4.57 Å². The van der Waals surface area contributed by atoms with Gasteiger partial charge in [0.2, 0.25) is 5.88 Å². The van der Waals surface area contributed by atoms with Crippen LogP contribution in [0, 0.1) is 0 Å². The Morgan fingerprint density at radius 2 is 1.21 bits per heavy atom. The van der Waals surface area contributed by atoms with Crippen LogP contribution in [-0.4, -0.2) is 34.9 Å². The highest BCUT2D eigenvalue weighted by Gasteiger charge is 2.44. The Morgan fingerprint density at radius 1 is 0.667 bits per heavy atom. The van der Waals surface area contributed by atoms with Crippen molar-refractivity contribution in [3.05, 3.63) is 78.9 Å². The Kier molecular flexibility index (Phi) is 8.09. The minimum absolute atomic E-state index is 0.0160. The summed E-state index contributed by atoms with van der Waals surface area (Å²) in [6, 6.07) is 14.2. The lowest BCUT2D eigenvalue weighted by atomic mass is 10.1. The summed E-state index contributed by atoms with van der Waals surface area (Å²) < 4.78 is 140. The molecule has 3 aromatic carbocycles. The van der Waals surface area contributed by atoms with E-state index in [0.29, 0.717) is 0 Å². The van der Waals surface area contributed by atoms with E-state index in [1.807, 2.05) is 0 Å². The second-order valence-corrected chi connectivity index (χ2v) is 8.33. The number of nitrogens with one attached hydrogen (secondary N) is 1. The zero-order chi connectivity index (χ0) is 30.9. The zero-order valence-electron chi connectivity index (χ0n) is 20.5. The summed E-state index contributed by atoms with van der Waals surface area (Å²) >= 11 is 0. The molecule has 0 aliphatic carbocycles. The maximum Gasteiger partial charge on any atom is 0.573 e. The monoisotopic (exact) mass is 610 g/mol. The minimum Gasteiger partial charge on any atom is -0.493 e. The van der Waals surface area contributed by atoms with Crippen molar-refractivity contribution in [3.8, 4) is 40.1 Å². The van der Waals surface area contributed by atoms with E-state index in [4.69, 9.17) is 0 Å².